The van der Waals surface area contributed by atoms with E-state index in [0.29, 0.717) is 6.04 Å². The van der Waals surface area contributed by atoms with Crippen molar-refractivity contribution in [3.05, 3.63) is 29.3 Å². The molecule has 1 aliphatic carbocycles. The SMILES string of the molecule is CCCNC(C)c1ccc(C)cc1OCC(=O)NC1CC1. The number of ether oxygens (including phenoxy) is 1. The van der Waals surface area contributed by atoms with E-state index in [0.717, 1.165) is 42.7 Å². The van der Waals surface area contributed by atoms with Gasteiger partial charge < -0.3 is 15.4 Å². The van der Waals surface area contributed by atoms with Gasteiger partial charge in [-0.05, 0) is 51.3 Å². The van der Waals surface area contributed by atoms with E-state index >= 15 is 0 Å². The topological polar surface area (TPSA) is 50.4 Å². The summed E-state index contributed by atoms with van der Waals surface area (Å²) >= 11 is 0. The first kappa shape index (κ1) is 15.8. The summed E-state index contributed by atoms with van der Waals surface area (Å²) in [4.78, 5) is 11.8. The van der Waals surface area contributed by atoms with E-state index in [1.54, 1.807) is 0 Å². The molecule has 2 N–H and O–H groups in total. The van der Waals surface area contributed by atoms with E-state index in [1.165, 1.54) is 0 Å². The molecule has 1 fully saturated rings. The molecule has 1 saturated carbocycles. The molecule has 0 heterocycles. The van der Waals surface area contributed by atoms with Crippen molar-refractivity contribution in [2.75, 3.05) is 13.2 Å². The molecule has 1 aliphatic rings. The fraction of sp³-hybridized carbons (Fsp3) is 0.588. The molecule has 0 aliphatic heterocycles. The Morgan fingerprint density at radius 3 is 2.86 bits per heavy atom. The zero-order chi connectivity index (χ0) is 15.2. The summed E-state index contributed by atoms with van der Waals surface area (Å²) in [6.07, 6.45) is 3.29. The number of benzene rings is 1. The van der Waals surface area contributed by atoms with Crippen molar-refractivity contribution in [1.82, 2.24) is 10.6 Å². The lowest BCUT2D eigenvalue weighted by Crippen LogP contribution is -2.31. The van der Waals surface area contributed by atoms with E-state index < -0.39 is 0 Å². The van der Waals surface area contributed by atoms with Crippen LogP contribution in [-0.2, 0) is 4.79 Å². The van der Waals surface area contributed by atoms with Crippen LogP contribution in [0.15, 0.2) is 18.2 Å². The van der Waals surface area contributed by atoms with Crippen molar-refractivity contribution in [3.8, 4) is 5.75 Å². The summed E-state index contributed by atoms with van der Waals surface area (Å²) in [6, 6.07) is 6.76. The number of carbonyl (C=O) groups is 1. The minimum absolute atomic E-state index is 0.0286. The fourth-order valence-corrected chi connectivity index (χ4v) is 2.24. The number of carbonyl (C=O) groups excluding carboxylic acids is 1. The highest BCUT2D eigenvalue weighted by molar-refractivity contribution is 5.78. The first-order valence-electron chi connectivity index (χ1n) is 7.86. The van der Waals surface area contributed by atoms with Crippen LogP contribution >= 0.6 is 0 Å². The Morgan fingerprint density at radius 1 is 1.43 bits per heavy atom. The van der Waals surface area contributed by atoms with E-state index in [4.69, 9.17) is 4.74 Å². The molecule has 2 rings (SSSR count). The Hall–Kier alpha value is -1.55. The Kier molecular flexibility index (Phi) is 5.62. The second kappa shape index (κ2) is 7.46. The maximum Gasteiger partial charge on any atom is 0.258 e. The predicted octanol–water partition coefficient (Wildman–Crippen LogP) is 2.71. The Morgan fingerprint density at radius 2 is 2.19 bits per heavy atom. The standard InChI is InChI=1S/C17H26N2O2/c1-4-9-18-13(3)15-8-5-12(2)10-16(15)21-11-17(20)19-14-6-7-14/h5,8,10,13-14,18H,4,6-7,9,11H2,1-3H3,(H,19,20). The van der Waals surface area contributed by atoms with Crippen LogP contribution in [0.5, 0.6) is 5.75 Å². The summed E-state index contributed by atoms with van der Waals surface area (Å²) in [5.74, 6) is 0.774. The van der Waals surface area contributed by atoms with Crippen LogP contribution in [0.3, 0.4) is 0 Å². The highest BCUT2D eigenvalue weighted by Gasteiger charge is 2.23. The van der Waals surface area contributed by atoms with Crippen molar-refractivity contribution in [3.63, 3.8) is 0 Å². The van der Waals surface area contributed by atoms with E-state index in [9.17, 15) is 4.79 Å². The molecule has 0 radical (unpaired) electrons. The van der Waals surface area contributed by atoms with Crippen LogP contribution in [-0.4, -0.2) is 25.1 Å². The van der Waals surface area contributed by atoms with Crippen molar-refractivity contribution >= 4 is 5.91 Å². The number of hydrogen-bond donors (Lipinski definition) is 2. The normalized spacial score (nSPS) is 15.6. The van der Waals surface area contributed by atoms with Gasteiger partial charge in [0.1, 0.15) is 5.75 Å². The van der Waals surface area contributed by atoms with Crippen molar-refractivity contribution in [2.45, 2.75) is 52.1 Å². The van der Waals surface area contributed by atoms with E-state index in [1.807, 2.05) is 13.0 Å². The third-order valence-electron chi connectivity index (χ3n) is 3.64. The van der Waals surface area contributed by atoms with Gasteiger partial charge >= 0.3 is 0 Å². The predicted molar refractivity (Wildman–Crippen MR) is 84.5 cm³/mol. The number of rotatable bonds is 8. The highest BCUT2D eigenvalue weighted by atomic mass is 16.5. The molecule has 0 saturated heterocycles. The summed E-state index contributed by atoms with van der Waals surface area (Å²) in [6.45, 7) is 7.36. The van der Waals surface area contributed by atoms with E-state index in [2.05, 4.69) is 36.6 Å². The molecular formula is C17H26N2O2. The molecule has 1 aromatic rings. The average Bonchev–Trinajstić information content (AvgIpc) is 3.26. The minimum atomic E-state index is -0.0286. The first-order chi connectivity index (χ1) is 10.1. The Bertz CT molecular complexity index is 484. The van der Waals surface area contributed by atoms with Crippen molar-refractivity contribution in [2.24, 2.45) is 0 Å². The molecule has 1 atom stereocenters. The van der Waals surface area contributed by atoms with Crippen molar-refractivity contribution < 1.29 is 9.53 Å². The van der Waals surface area contributed by atoms with Gasteiger partial charge in [0.15, 0.2) is 6.61 Å². The van der Waals surface area contributed by atoms with Gasteiger partial charge in [-0.2, -0.15) is 0 Å². The number of nitrogens with one attached hydrogen (secondary N) is 2. The molecule has 116 valence electrons. The number of amides is 1. The van der Waals surface area contributed by atoms with Gasteiger partial charge in [-0.1, -0.05) is 19.1 Å². The molecule has 1 unspecified atom stereocenters. The van der Waals surface area contributed by atoms with Crippen LogP contribution in [0.25, 0.3) is 0 Å². The van der Waals surface area contributed by atoms with Crippen LogP contribution in [0.1, 0.15) is 50.3 Å². The zero-order valence-corrected chi connectivity index (χ0v) is 13.2. The summed E-state index contributed by atoms with van der Waals surface area (Å²) in [5.41, 5.74) is 2.24. The lowest BCUT2D eigenvalue weighted by Gasteiger charge is -2.18. The van der Waals surface area contributed by atoms with Gasteiger partial charge in [-0.25, -0.2) is 0 Å². The highest BCUT2D eigenvalue weighted by Crippen LogP contribution is 2.26. The number of hydrogen-bond acceptors (Lipinski definition) is 3. The average molecular weight is 290 g/mol. The quantitative estimate of drug-likeness (QED) is 0.774. The summed E-state index contributed by atoms with van der Waals surface area (Å²) < 4.78 is 5.76. The van der Waals surface area contributed by atoms with Gasteiger partial charge in [-0.15, -0.1) is 0 Å². The molecule has 0 spiro atoms. The molecule has 4 nitrogen and oxygen atoms in total. The summed E-state index contributed by atoms with van der Waals surface area (Å²) in [7, 11) is 0. The molecule has 1 amide bonds. The van der Waals surface area contributed by atoms with Gasteiger partial charge in [0.25, 0.3) is 5.91 Å². The minimum Gasteiger partial charge on any atom is -0.483 e. The lowest BCUT2D eigenvalue weighted by molar-refractivity contribution is -0.123. The smallest absolute Gasteiger partial charge is 0.258 e. The molecule has 1 aromatic carbocycles. The lowest BCUT2D eigenvalue weighted by atomic mass is 10.0. The third kappa shape index (κ3) is 5.05. The second-order valence-corrected chi connectivity index (χ2v) is 5.85. The molecule has 4 heteroatoms. The third-order valence-corrected chi connectivity index (χ3v) is 3.64. The fourth-order valence-electron chi connectivity index (χ4n) is 2.24. The molecule has 0 aromatic heterocycles. The van der Waals surface area contributed by atoms with Crippen LogP contribution in [0.4, 0.5) is 0 Å². The van der Waals surface area contributed by atoms with Crippen LogP contribution < -0.4 is 15.4 Å². The zero-order valence-electron chi connectivity index (χ0n) is 13.2. The largest absolute Gasteiger partial charge is 0.483 e. The maximum absolute atomic E-state index is 11.8. The van der Waals surface area contributed by atoms with Crippen molar-refractivity contribution in [1.29, 1.82) is 0 Å². The van der Waals surface area contributed by atoms with Gasteiger partial charge in [0, 0.05) is 17.6 Å². The first-order valence-corrected chi connectivity index (χ1v) is 7.86. The monoisotopic (exact) mass is 290 g/mol. The van der Waals surface area contributed by atoms with E-state index in [-0.39, 0.29) is 18.6 Å². The van der Waals surface area contributed by atoms with Gasteiger partial charge in [0.05, 0.1) is 0 Å². The number of aryl methyl sites for hydroxylation is 1. The Labute approximate surface area is 127 Å². The Balaban J connectivity index is 1.98. The second-order valence-electron chi connectivity index (χ2n) is 5.85. The molecule has 21 heavy (non-hydrogen) atoms. The van der Waals surface area contributed by atoms with Gasteiger partial charge in [0.2, 0.25) is 0 Å². The van der Waals surface area contributed by atoms with Crippen LogP contribution in [0, 0.1) is 6.92 Å². The maximum atomic E-state index is 11.8. The van der Waals surface area contributed by atoms with Crippen LogP contribution in [0.2, 0.25) is 0 Å². The van der Waals surface area contributed by atoms with Gasteiger partial charge in [-0.3, -0.25) is 4.79 Å². The molecule has 0 bridgehead atoms. The summed E-state index contributed by atoms with van der Waals surface area (Å²) in [5, 5.41) is 6.40. The molecular weight excluding hydrogens is 264 g/mol.